The second-order valence-electron chi connectivity index (χ2n) is 9.05. The number of benzene rings is 1. The number of aryl methyl sites for hydroxylation is 1. The van der Waals surface area contributed by atoms with Crippen LogP contribution in [0, 0.1) is 12.8 Å². The van der Waals surface area contributed by atoms with Gasteiger partial charge in [-0.1, -0.05) is 0 Å². The fraction of sp³-hybridized carbons (Fsp3) is 0.609. The minimum absolute atomic E-state index is 0.103. The first kappa shape index (κ1) is 20.8. The first-order valence-electron chi connectivity index (χ1n) is 11.2. The first-order chi connectivity index (χ1) is 14.4. The number of H-pyrrole nitrogens is 1. The van der Waals surface area contributed by atoms with E-state index in [-0.39, 0.29) is 23.8 Å². The zero-order chi connectivity index (χ0) is 21.3. The SMILES string of the molecule is Cc1nc2ccc(C(=O)N3CCC(N4CCC(C(=O)NC(C)C)CC4)CC3)cc2[nH]1. The number of carbonyl (C=O) groups is 2. The van der Waals surface area contributed by atoms with Crippen molar-refractivity contribution >= 4 is 22.8 Å². The Kier molecular flexibility index (Phi) is 6.09. The molecule has 1 aromatic heterocycles. The maximum atomic E-state index is 13.0. The van der Waals surface area contributed by atoms with E-state index in [1.807, 2.05) is 43.9 Å². The molecule has 1 aromatic carbocycles. The van der Waals surface area contributed by atoms with Gasteiger partial charge in [0.05, 0.1) is 11.0 Å². The average Bonchev–Trinajstić information content (AvgIpc) is 3.12. The lowest BCUT2D eigenvalue weighted by Gasteiger charge is -2.41. The van der Waals surface area contributed by atoms with Crippen LogP contribution in [0.5, 0.6) is 0 Å². The van der Waals surface area contributed by atoms with E-state index in [1.165, 1.54) is 0 Å². The Labute approximate surface area is 178 Å². The van der Waals surface area contributed by atoms with Gasteiger partial charge in [-0.3, -0.25) is 9.59 Å². The highest BCUT2D eigenvalue weighted by molar-refractivity contribution is 5.97. The fourth-order valence-electron chi connectivity index (χ4n) is 4.82. The van der Waals surface area contributed by atoms with E-state index in [0.29, 0.717) is 6.04 Å². The molecule has 2 saturated heterocycles. The smallest absolute Gasteiger partial charge is 0.253 e. The normalized spacial score (nSPS) is 19.5. The highest BCUT2D eigenvalue weighted by Gasteiger charge is 2.32. The summed E-state index contributed by atoms with van der Waals surface area (Å²) in [6.07, 6.45) is 3.86. The zero-order valence-corrected chi connectivity index (χ0v) is 18.3. The van der Waals surface area contributed by atoms with Crippen LogP contribution < -0.4 is 5.32 Å². The molecule has 2 N–H and O–H groups in total. The standard InChI is InChI=1S/C23H33N5O2/c1-15(2)24-22(29)17-6-10-27(11-7-17)19-8-12-28(13-9-19)23(30)18-4-5-20-21(14-18)26-16(3)25-20/h4-5,14-15,17,19H,6-13H2,1-3H3,(H,24,29)(H,25,26). The number of nitrogens with zero attached hydrogens (tertiary/aromatic N) is 3. The largest absolute Gasteiger partial charge is 0.354 e. The number of piperidine rings is 2. The van der Waals surface area contributed by atoms with Crippen molar-refractivity contribution in [2.24, 2.45) is 5.92 Å². The molecule has 0 saturated carbocycles. The Morgan fingerprint density at radius 2 is 1.80 bits per heavy atom. The summed E-state index contributed by atoms with van der Waals surface area (Å²) < 4.78 is 0. The van der Waals surface area contributed by atoms with Crippen molar-refractivity contribution in [2.75, 3.05) is 26.2 Å². The molecule has 0 spiro atoms. The molecule has 0 radical (unpaired) electrons. The number of carbonyl (C=O) groups excluding carboxylic acids is 2. The molecule has 2 amide bonds. The number of aromatic nitrogens is 2. The van der Waals surface area contributed by atoms with Gasteiger partial charge >= 0.3 is 0 Å². The number of amides is 2. The molecular formula is C23H33N5O2. The van der Waals surface area contributed by atoms with Gasteiger partial charge in [-0.05, 0) is 77.7 Å². The lowest BCUT2D eigenvalue weighted by molar-refractivity contribution is -0.127. The van der Waals surface area contributed by atoms with Crippen LogP contribution >= 0.6 is 0 Å². The third-order valence-corrected chi connectivity index (χ3v) is 6.45. The van der Waals surface area contributed by atoms with Crippen LogP contribution in [-0.2, 0) is 4.79 Å². The van der Waals surface area contributed by atoms with Crippen molar-refractivity contribution in [3.8, 4) is 0 Å². The molecule has 162 valence electrons. The predicted molar refractivity (Wildman–Crippen MR) is 117 cm³/mol. The van der Waals surface area contributed by atoms with E-state index in [0.717, 1.165) is 74.3 Å². The summed E-state index contributed by atoms with van der Waals surface area (Å²) in [7, 11) is 0. The van der Waals surface area contributed by atoms with Gasteiger partial charge in [0.25, 0.3) is 5.91 Å². The Morgan fingerprint density at radius 3 is 2.47 bits per heavy atom. The molecule has 7 nitrogen and oxygen atoms in total. The number of likely N-dealkylation sites (tertiary alicyclic amines) is 2. The Balaban J connectivity index is 1.28. The van der Waals surface area contributed by atoms with E-state index in [9.17, 15) is 9.59 Å². The minimum Gasteiger partial charge on any atom is -0.354 e. The molecule has 7 heteroatoms. The van der Waals surface area contributed by atoms with E-state index in [2.05, 4.69) is 20.2 Å². The van der Waals surface area contributed by atoms with Crippen LogP contribution in [-0.4, -0.2) is 69.8 Å². The third kappa shape index (κ3) is 4.51. The van der Waals surface area contributed by atoms with E-state index in [4.69, 9.17) is 0 Å². The Hall–Kier alpha value is -2.41. The molecule has 0 bridgehead atoms. The van der Waals surface area contributed by atoms with E-state index < -0.39 is 0 Å². The van der Waals surface area contributed by atoms with Crippen molar-refractivity contribution in [1.82, 2.24) is 25.1 Å². The van der Waals surface area contributed by atoms with Gasteiger partial charge in [0.15, 0.2) is 0 Å². The molecule has 2 aliphatic rings. The predicted octanol–water partition coefficient (Wildman–Crippen LogP) is 2.71. The number of fused-ring (bicyclic) bond motifs is 1. The van der Waals surface area contributed by atoms with Gasteiger partial charge in [-0.25, -0.2) is 4.98 Å². The number of imidazole rings is 1. The summed E-state index contributed by atoms with van der Waals surface area (Å²) in [5.41, 5.74) is 2.53. The van der Waals surface area contributed by atoms with Crippen LogP contribution in [0.3, 0.4) is 0 Å². The molecular weight excluding hydrogens is 378 g/mol. The lowest BCUT2D eigenvalue weighted by Crippen LogP contribution is -2.50. The number of hydrogen-bond donors (Lipinski definition) is 2. The fourth-order valence-corrected chi connectivity index (χ4v) is 4.82. The maximum Gasteiger partial charge on any atom is 0.253 e. The minimum atomic E-state index is 0.103. The van der Waals surface area contributed by atoms with Crippen LogP contribution in [0.25, 0.3) is 11.0 Å². The van der Waals surface area contributed by atoms with Gasteiger partial charge in [0.2, 0.25) is 5.91 Å². The van der Waals surface area contributed by atoms with Gasteiger partial charge in [0.1, 0.15) is 5.82 Å². The highest BCUT2D eigenvalue weighted by Crippen LogP contribution is 2.25. The van der Waals surface area contributed by atoms with Crippen molar-refractivity contribution in [1.29, 1.82) is 0 Å². The lowest BCUT2D eigenvalue weighted by atomic mass is 9.92. The molecule has 0 unspecified atom stereocenters. The third-order valence-electron chi connectivity index (χ3n) is 6.45. The number of rotatable bonds is 4. The number of hydrogen-bond acceptors (Lipinski definition) is 4. The van der Waals surface area contributed by atoms with Gasteiger partial charge in [-0.2, -0.15) is 0 Å². The summed E-state index contributed by atoms with van der Waals surface area (Å²) in [5, 5.41) is 3.05. The van der Waals surface area contributed by atoms with Crippen LogP contribution in [0.1, 0.15) is 55.7 Å². The molecule has 2 aliphatic heterocycles. The Morgan fingerprint density at radius 1 is 1.10 bits per heavy atom. The van der Waals surface area contributed by atoms with Gasteiger partial charge < -0.3 is 20.1 Å². The summed E-state index contributed by atoms with van der Waals surface area (Å²) in [6.45, 7) is 9.47. The zero-order valence-electron chi connectivity index (χ0n) is 18.3. The summed E-state index contributed by atoms with van der Waals surface area (Å²) >= 11 is 0. The van der Waals surface area contributed by atoms with Crippen molar-refractivity contribution < 1.29 is 9.59 Å². The van der Waals surface area contributed by atoms with Crippen LogP contribution in [0.2, 0.25) is 0 Å². The molecule has 0 atom stereocenters. The molecule has 3 heterocycles. The van der Waals surface area contributed by atoms with Crippen LogP contribution in [0.15, 0.2) is 18.2 Å². The first-order valence-corrected chi connectivity index (χ1v) is 11.2. The monoisotopic (exact) mass is 411 g/mol. The molecule has 0 aliphatic carbocycles. The average molecular weight is 412 g/mol. The van der Waals surface area contributed by atoms with E-state index >= 15 is 0 Å². The second-order valence-corrected chi connectivity index (χ2v) is 9.05. The highest BCUT2D eigenvalue weighted by atomic mass is 16.2. The summed E-state index contributed by atoms with van der Waals surface area (Å²) in [6, 6.07) is 6.43. The second kappa shape index (κ2) is 8.76. The van der Waals surface area contributed by atoms with Crippen LogP contribution in [0.4, 0.5) is 0 Å². The van der Waals surface area contributed by atoms with Gasteiger partial charge in [-0.15, -0.1) is 0 Å². The molecule has 2 aromatic rings. The maximum absolute atomic E-state index is 13.0. The quantitative estimate of drug-likeness (QED) is 0.811. The summed E-state index contributed by atoms with van der Waals surface area (Å²) in [5.74, 6) is 1.31. The van der Waals surface area contributed by atoms with E-state index in [1.54, 1.807) is 0 Å². The molecule has 2 fully saturated rings. The van der Waals surface area contributed by atoms with Crippen molar-refractivity contribution in [2.45, 2.75) is 58.5 Å². The number of nitrogens with one attached hydrogen (secondary N) is 2. The Bertz CT molecular complexity index is 905. The topological polar surface area (TPSA) is 81.3 Å². The molecule has 4 rings (SSSR count). The molecule has 30 heavy (non-hydrogen) atoms. The van der Waals surface area contributed by atoms with Crippen molar-refractivity contribution in [3.63, 3.8) is 0 Å². The summed E-state index contributed by atoms with van der Waals surface area (Å²) in [4.78, 5) is 37.3. The number of aromatic amines is 1. The van der Waals surface area contributed by atoms with Gasteiger partial charge in [0, 0.05) is 36.7 Å². The van der Waals surface area contributed by atoms with Crippen molar-refractivity contribution in [3.05, 3.63) is 29.6 Å².